The van der Waals surface area contributed by atoms with Crippen molar-refractivity contribution in [1.82, 2.24) is 0 Å². The molecule has 5 saturated carbocycles. The van der Waals surface area contributed by atoms with Crippen molar-refractivity contribution in [3.05, 3.63) is 0 Å². The molecular formula is C31H50O3. The second-order valence-corrected chi connectivity index (χ2v) is 15.7. The van der Waals surface area contributed by atoms with Gasteiger partial charge in [-0.15, -0.1) is 0 Å². The smallest absolute Gasteiger partial charge is 0.138 e. The van der Waals surface area contributed by atoms with Crippen LogP contribution >= 0.6 is 0 Å². The van der Waals surface area contributed by atoms with Gasteiger partial charge in [-0.3, -0.25) is 4.79 Å². The number of methoxy groups -OCH3 is 1. The number of carbonyl (C=O) groups is 1. The average Bonchev–Trinajstić information content (AvgIpc) is 3.41. The lowest BCUT2D eigenvalue weighted by atomic mass is 9.42. The summed E-state index contributed by atoms with van der Waals surface area (Å²) in [7, 11) is 1.92. The molecule has 9 atom stereocenters. The first-order chi connectivity index (χ1) is 15.7. The Kier molecular flexibility index (Phi) is 4.73. The zero-order valence-electron chi connectivity index (χ0n) is 23.3. The molecule has 9 unspecified atom stereocenters. The number of ketones is 1. The maximum Gasteiger partial charge on any atom is 0.138 e. The van der Waals surface area contributed by atoms with Crippen molar-refractivity contribution in [3.8, 4) is 0 Å². The Morgan fingerprint density at radius 1 is 0.794 bits per heavy atom. The molecule has 0 aromatic carbocycles. The normalized spacial score (nSPS) is 57.2. The molecule has 1 saturated heterocycles. The van der Waals surface area contributed by atoms with Crippen LogP contribution in [0.4, 0.5) is 0 Å². The lowest BCUT2D eigenvalue weighted by molar-refractivity contribution is -0.163. The summed E-state index contributed by atoms with van der Waals surface area (Å²) in [6, 6.07) is 0. The largest absolute Gasteiger partial charge is 0.381 e. The van der Waals surface area contributed by atoms with Gasteiger partial charge in [0.2, 0.25) is 0 Å². The molecule has 3 heteroatoms. The molecule has 0 spiro atoms. The molecule has 6 aliphatic rings. The second-order valence-electron chi connectivity index (χ2n) is 15.7. The van der Waals surface area contributed by atoms with E-state index in [4.69, 9.17) is 9.47 Å². The molecule has 0 aromatic heterocycles. The van der Waals surface area contributed by atoms with Crippen molar-refractivity contribution in [2.45, 2.75) is 136 Å². The minimum Gasteiger partial charge on any atom is -0.381 e. The summed E-state index contributed by atoms with van der Waals surface area (Å²) in [5.74, 6) is 2.42. The van der Waals surface area contributed by atoms with Crippen molar-refractivity contribution in [2.75, 3.05) is 7.11 Å². The van der Waals surface area contributed by atoms with E-state index in [9.17, 15) is 4.79 Å². The van der Waals surface area contributed by atoms with E-state index in [2.05, 4.69) is 48.5 Å². The van der Waals surface area contributed by atoms with Crippen LogP contribution in [0.25, 0.3) is 0 Å². The number of ether oxygens (including phenoxy) is 2. The van der Waals surface area contributed by atoms with Crippen molar-refractivity contribution in [3.63, 3.8) is 0 Å². The van der Waals surface area contributed by atoms with Crippen molar-refractivity contribution >= 4 is 5.78 Å². The zero-order chi connectivity index (χ0) is 24.6. The van der Waals surface area contributed by atoms with Gasteiger partial charge in [0, 0.05) is 24.4 Å². The number of fused-ring (bicyclic) bond motifs is 4. The fourth-order valence-corrected chi connectivity index (χ4v) is 12.4. The average molecular weight is 471 g/mol. The van der Waals surface area contributed by atoms with Gasteiger partial charge in [-0.05, 0) is 98.2 Å². The molecule has 5 aliphatic carbocycles. The first-order valence-corrected chi connectivity index (χ1v) is 14.5. The Morgan fingerprint density at radius 2 is 1.47 bits per heavy atom. The van der Waals surface area contributed by atoms with Crippen molar-refractivity contribution in [2.24, 2.45) is 44.8 Å². The minimum atomic E-state index is -0.164. The molecular weight excluding hydrogens is 420 g/mol. The van der Waals surface area contributed by atoms with Crippen LogP contribution in [-0.2, 0) is 14.3 Å². The number of hydrogen-bond donors (Lipinski definition) is 0. The summed E-state index contributed by atoms with van der Waals surface area (Å²) in [6.07, 6.45) is 13.4. The lowest BCUT2D eigenvalue weighted by Crippen LogP contribution is -2.60. The monoisotopic (exact) mass is 470 g/mol. The quantitative estimate of drug-likeness (QED) is 0.376. The fraction of sp³-hybridized carbons (Fsp3) is 0.968. The molecule has 0 bridgehead atoms. The molecule has 34 heavy (non-hydrogen) atoms. The van der Waals surface area contributed by atoms with Gasteiger partial charge in [-0.2, -0.15) is 0 Å². The number of Topliss-reactive ketones (excluding diaryl/α,β-unsaturated/α-hetero) is 1. The zero-order valence-corrected chi connectivity index (χ0v) is 23.3. The highest BCUT2D eigenvalue weighted by molar-refractivity contribution is 5.85. The Labute approximate surface area is 208 Å². The SMILES string of the molecule is COC1CCC2(C)C(CCC34CC5(C)CCC6C(C)(C)C(=O)CCC6(C)C5CCC32O4)C1(C)C. The summed E-state index contributed by atoms with van der Waals surface area (Å²) >= 11 is 0. The molecule has 0 aromatic rings. The van der Waals surface area contributed by atoms with Gasteiger partial charge in [0.1, 0.15) is 11.4 Å². The highest BCUT2D eigenvalue weighted by Gasteiger charge is 2.83. The fourth-order valence-electron chi connectivity index (χ4n) is 12.4. The van der Waals surface area contributed by atoms with Crippen LogP contribution in [0.1, 0.15) is 119 Å². The van der Waals surface area contributed by atoms with Crippen LogP contribution < -0.4 is 0 Å². The van der Waals surface area contributed by atoms with E-state index < -0.39 is 0 Å². The van der Waals surface area contributed by atoms with Gasteiger partial charge in [0.15, 0.2) is 0 Å². The first kappa shape index (κ1) is 24.0. The van der Waals surface area contributed by atoms with Crippen LogP contribution in [-0.4, -0.2) is 30.2 Å². The molecule has 1 aliphatic heterocycles. The first-order valence-electron chi connectivity index (χ1n) is 14.5. The van der Waals surface area contributed by atoms with E-state index in [-0.39, 0.29) is 32.9 Å². The van der Waals surface area contributed by atoms with Gasteiger partial charge < -0.3 is 9.47 Å². The van der Waals surface area contributed by atoms with E-state index in [0.717, 1.165) is 19.3 Å². The van der Waals surface area contributed by atoms with E-state index in [1.54, 1.807) is 0 Å². The highest BCUT2D eigenvalue weighted by Crippen LogP contribution is 2.80. The molecule has 6 rings (SSSR count). The third-order valence-corrected chi connectivity index (χ3v) is 13.9. The second kappa shape index (κ2) is 6.72. The van der Waals surface area contributed by atoms with Crippen molar-refractivity contribution in [1.29, 1.82) is 0 Å². The third-order valence-electron chi connectivity index (χ3n) is 13.9. The summed E-state index contributed by atoms with van der Waals surface area (Å²) < 4.78 is 13.2. The maximum absolute atomic E-state index is 13.0. The maximum atomic E-state index is 13.0. The van der Waals surface area contributed by atoms with Crippen LogP contribution in [0.5, 0.6) is 0 Å². The van der Waals surface area contributed by atoms with Crippen LogP contribution in [0.15, 0.2) is 0 Å². The van der Waals surface area contributed by atoms with Crippen LogP contribution in [0.3, 0.4) is 0 Å². The molecule has 0 radical (unpaired) electrons. The number of epoxide rings is 1. The van der Waals surface area contributed by atoms with E-state index in [1.165, 1.54) is 51.4 Å². The molecule has 0 amide bonds. The topological polar surface area (TPSA) is 38.8 Å². The molecule has 0 N–H and O–H groups in total. The predicted molar refractivity (Wildman–Crippen MR) is 135 cm³/mol. The van der Waals surface area contributed by atoms with E-state index in [1.807, 2.05) is 7.11 Å². The Balaban J connectivity index is 1.38. The van der Waals surface area contributed by atoms with Crippen LogP contribution in [0.2, 0.25) is 0 Å². The van der Waals surface area contributed by atoms with Gasteiger partial charge in [0.25, 0.3) is 0 Å². The van der Waals surface area contributed by atoms with E-state index in [0.29, 0.717) is 35.1 Å². The number of carbonyl (C=O) groups excluding carboxylic acids is 1. The van der Waals surface area contributed by atoms with Gasteiger partial charge in [-0.1, -0.05) is 48.5 Å². The number of hydrogen-bond acceptors (Lipinski definition) is 3. The molecule has 1 heterocycles. The van der Waals surface area contributed by atoms with Crippen molar-refractivity contribution < 1.29 is 14.3 Å². The lowest BCUT2D eigenvalue weighted by Gasteiger charge is -2.62. The molecule has 6 fully saturated rings. The molecule has 192 valence electrons. The van der Waals surface area contributed by atoms with Gasteiger partial charge in [-0.25, -0.2) is 0 Å². The minimum absolute atomic E-state index is 0.0606. The Morgan fingerprint density at radius 3 is 2.18 bits per heavy atom. The summed E-state index contributed by atoms with van der Waals surface area (Å²) in [5.41, 5.74) is 1.06. The van der Waals surface area contributed by atoms with Gasteiger partial charge in [0.05, 0.1) is 11.7 Å². The Bertz CT molecular complexity index is 906. The predicted octanol–water partition coefficient (Wildman–Crippen LogP) is 7.36. The third kappa shape index (κ3) is 2.55. The molecule has 3 nitrogen and oxygen atoms in total. The standard InChI is InChI=1S/C31H50O3/c1-25(2)20-9-14-27(5)19-30-17-10-21-26(3,4)24(33-8)13-16-29(21,7)31(30,34-30)18-11-22(27)28(20,6)15-12-23(25)32/h20-22,24H,9-19H2,1-8H3. The summed E-state index contributed by atoms with van der Waals surface area (Å²) in [4.78, 5) is 13.0. The highest BCUT2D eigenvalue weighted by atomic mass is 16.6. The summed E-state index contributed by atoms with van der Waals surface area (Å²) in [6.45, 7) is 17.3. The Hall–Kier alpha value is -0.410. The van der Waals surface area contributed by atoms with E-state index >= 15 is 0 Å². The number of rotatable bonds is 1. The van der Waals surface area contributed by atoms with Crippen LogP contribution in [0, 0.1) is 44.8 Å². The summed E-state index contributed by atoms with van der Waals surface area (Å²) in [5, 5.41) is 0. The van der Waals surface area contributed by atoms with Gasteiger partial charge >= 0.3 is 0 Å².